The second-order valence-corrected chi connectivity index (χ2v) is 8.22. The van der Waals surface area contributed by atoms with Crippen molar-refractivity contribution < 1.29 is 26.7 Å². The molecular weight excluding hydrogens is 447 g/mol. The Hall–Kier alpha value is -3.41. The Morgan fingerprint density at radius 2 is 1.26 bits per heavy atom. The van der Waals surface area contributed by atoms with Crippen molar-refractivity contribution in [3.05, 3.63) is 90.0 Å². The highest BCUT2D eigenvalue weighted by atomic mass is 19.4. The fourth-order valence-electron chi connectivity index (χ4n) is 4.00. The molecule has 0 heterocycles. The molecule has 0 N–H and O–H groups in total. The number of fused-ring (bicyclic) bond motifs is 1. The van der Waals surface area contributed by atoms with Crippen LogP contribution in [0.15, 0.2) is 72.8 Å². The van der Waals surface area contributed by atoms with E-state index in [1.54, 1.807) is 12.1 Å². The zero-order valence-corrected chi connectivity index (χ0v) is 18.6. The molecule has 0 unspecified atom stereocenters. The summed E-state index contributed by atoms with van der Waals surface area (Å²) in [5.74, 6) is -4.24. The van der Waals surface area contributed by atoms with Gasteiger partial charge < -0.3 is 4.74 Å². The van der Waals surface area contributed by atoms with Gasteiger partial charge in [-0.2, -0.15) is 0 Å². The van der Waals surface area contributed by atoms with Crippen LogP contribution in [-0.4, -0.2) is 6.36 Å². The molecule has 0 spiro atoms. The van der Waals surface area contributed by atoms with Crippen LogP contribution < -0.4 is 4.74 Å². The van der Waals surface area contributed by atoms with Crippen LogP contribution in [0.2, 0.25) is 0 Å². The van der Waals surface area contributed by atoms with Gasteiger partial charge in [0.25, 0.3) is 0 Å². The maximum Gasteiger partial charge on any atom is 0.573 e. The lowest BCUT2D eigenvalue weighted by molar-refractivity contribution is -0.276. The highest BCUT2D eigenvalue weighted by Gasteiger charge is 2.34. The van der Waals surface area contributed by atoms with Crippen LogP contribution in [0.5, 0.6) is 5.75 Å². The maximum absolute atomic E-state index is 14.5. The largest absolute Gasteiger partial charge is 0.573 e. The summed E-state index contributed by atoms with van der Waals surface area (Å²) in [5, 5.41) is -0.00944. The highest BCUT2D eigenvalue weighted by Crippen LogP contribution is 2.35. The number of hydrogen-bond acceptors (Lipinski definition) is 1. The summed E-state index contributed by atoms with van der Waals surface area (Å²) in [6.45, 7) is 2.19. The minimum atomic E-state index is -5.19. The Balaban J connectivity index is 1.57. The van der Waals surface area contributed by atoms with Crippen molar-refractivity contribution in [1.29, 1.82) is 0 Å². The third-order valence-corrected chi connectivity index (χ3v) is 5.78. The van der Waals surface area contributed by atoms with E-state index in [1.807, 2.05) is 24.3 Å². The monoisotopic (exact) mass is 470 g/mol. The molecular formula is C28H23F5O. The highest BCUT2D eigenvalue weighted by molar-refractivity contribution is 5.89. The van der Waals surface area contributed by atoms with E-state index < -0.39 is 23.7 Å². The van der Waals surface area contributed by atoms with E-state index in [0.717, 1.165) is 29.2 Å². The molecule has 0 aliphatic rings. The van der Waals surface area contributed by atoms with Gasteiger partial charge in [0.15, 0.2) is 11.6 Å². The molecule has 4 aromatic rings. The van der Waals surface area contributed by atoms with Gasteiger partial charge in [-0.25, -0.2) is 8.78 Å². The fraction of sp³-hybridized carbons (Fsp3) is 0.214. The lowest BCUT2D eigenvalue weighted by Crippen LogP contribution is -2.19. The number of aryl methyl sites for hydroxylation is 1. The van der Waals surface area contributed by atoms with Crippen molar-refractivity contribution in [2.75, 3.05) is 0 Å². The van der Waals surface area contributed by atoms with Crippen molar-refractivity contribution in [3.8, 4) is 28.0 Å². The van der Waals surface area contributed by atoms with Crippen LogP contribution in [0.4, 0.5) is 22.0 Å². The molecule has 0 aliphatic heterocycles. The minimum absolute atomic E-state index is 0.143. The minimum Gasteiger partial charge on any atom is -0.399 e. The molecule has 1 nitrogen and oxygen atoms in total. The van der Waals surface area contributed by atoms with E-state index >= 15 is 0 Å². The average Bonchev–Trinajstić information content (AvgIpc) is 2.82. The maximum atomic E-state index is 14.5. The van der Waals surface area contributed by atoms with Gasteiger partial charge in [-0.05, 0) is 58.2 Å². The van der Waals surface area contributed by atoms with Crippen LogP contribution in [-0.2, 0) is 6.42 Å². The van der Waals surface area contributed by atoms with Crippen molar-refractivity contribution in [2.45, 2.75) is 39.0 Å². The smallest absolute Gasteiger partial charge is 0.399 e. The van der Waals surface area contributed by atoms with Crippen molar-refractivity contribution in [2.24, 2.45) is 0 Å². The predicted molar refractivity (Wildman–Crippen MR) is 125 cm³/mol. The molecule has 4 rings (SSSR count). The first kappa shape index (κ1) is 23.7. The Kier molecular flexibility index (Phi) is 6.87. The summed E-state index contributed by atoms with van der Waals surface area (Å²) >= 11 is 0. The third kappa shape index (κ3) is 5.38. The lowest BCUT2D eigenvalue weighted by Gasteiger charge is -2.13. The van der Waals surface area contributed by atoms with Crippen LogP contribution >= 0.6 is 0 Å². The van der Waals surface area contributed by atoms with Crippen LogP contribution in [0.1, 0.15) is 31.7 Å². The molecule has 0 aliphatic carbocycles. The van der Waals surface area contributed by atoms with Gasteiger partial charge in [0.1, 0.15) is 0 Å². The summed E-state index contributed by atoms with van der Waals surface area (Å²) < 4.78 is 69.6. The summed E-state index contributed by atoms with van der Waals surface area (Å²) in [6.07, 6.45) is -0.522. The predicted octanol–water partition coefficient (Wildman–Crippen LogP) is 9.08. The number of unbranched alkanes of at least 4 members (excludes halogenated alkanes) is 2. The standard InChI is InChI=1S/C28H23F5O/c1-2-3-4-5-18-6-8-19(9-7-18)20-10-12-21(13-11-20)22-14-15-24-23(16-22)17-25(29)27(26(24)30)34-28(31,32)33/h6-17H,2-5H2,1H3. The normalized spacial score (nSPS) is 11.7. The number of alkyl halides is 3. The Bertz CT molecular complexity index is 1280. The second kappa shape index (κ2) is 9.84. The van der Waals surface area contributed by atoms with Gasteiger partial charge in [0, 0.05) is 5.39 Å². The topological polar surface area (TPSA) is 9.23 Å². The molecule has 34 heavy (non-hydrogen) atoms. The number of ether oxygens (including phenoxy) is 1. The van der Waals surface area contributed by atoms with E-state index in [-0.39, 0.29) is 10.8 Å². The van der Waals surface area contributed by atoms with Gasteiger partial charge in [-0.1, -0.05) is 80.4 Å². The van der Waals surface area contributed by atoms with E-state index in [4.69, 9.17) is 0 Å². The Labute approximate surface area is 194 Å². The van der Waals surface area contributed by atoms with E-state index in [0.29, 0.717) is 5.56 Å². The molecule has 0 amide bonds. The molecule has 0 fully saturated rings. The van der Waals surface area contributed by atoms with Gasteiger partial charge in [-0.15, -0.1) is 13.2 Å². The Morgan fingerprint density at radius 3 is 1.85 bits per heavy atom. The SMILES string of the molecule is CCCCCc1ccc(-c2ccc(-c3ccc4c(F)c(OC(F)(F)F)c(F)cc4c3)cc2)cc1. The first-order valence-electron chi connectivity index (χ1n) is 11.1. The second-order valence-electron chi connectivity index (χ2n) is 8.22. The third-order valence-electron chi connectivity index (χ3n) is 5.78. The average molecular weight is 470 g/mol. The first-order chi connectivity index (χ1) is 16.2. The van der Waals surface area contributed by atoms with E-state index in [1.165, 1.54) is 30.9 Å². The number of rotatable bonds is 7. The van der Waals surface area contributed by atoms with Crippen molar-refractivity contribution in [1.82, 2.24) is 0 Å². The number of hydrogen-bond donors (Lipinski definition) is 0. The number of halogens is 5. The van der Waals surface area contributed by atoms with Crippen LogP contribution in [0.25, 0.3) is 33.0 Å². The molecule has 176 valence electrons. The first-order valence-corrected chi connectivity index (χ1v) is 11.1. The molecule has 0 bridgehead atoms. The summed E-state index contributed by atoms with van der Waals surface area (Å²) in [5.41, 5.74) is 4.95. The zero-order valence-electron chi connectivity index (χ0n) is 18.6. The molecule has 0 saturated carbocycles. The quantitative estimate of drug-likeness (QED) is 0.193. The fourth-order valence-corrected chi connectivity index (χ4v) is 4.00. The van der Waals surface area contributed by atoms with E-state index in [9.17, 15) is 22.0 Å². The Morgan fingerprint density at radius 1 is 0.706 bits per heavy atom. The molecule has 0 radical (unpaired) electrons. The molecule has 0 saturated heterocycles. The van der Waals surface area contributed by atoms with Crippen molar-refractivity contribution in [3.63, 3.8) is 0 Å². The summed E-state index contributed by atoms with van der Waals surface area (Å²) in [6, 6.07) is 21.5. The van der Waals surface area contributed by atoms with Crippen LogP contribution in [0, 0.1) is 11.6 Å². The van der Waals surface area contributed by atoms with Gasteiger partial charge in [0.05, 0.1) is 0 Å². The zero-order chi connectivity index (χ0) is 24.3. The van der Waals surface area contributed by atoms with Gasteiger partial charge >= 0.3 is 6.36 Å². The molecule has 0 atom stereocenters. The summed E-state index contributed by atoms with van der Waals surface area (Å²) in [7, 11) is 0. The number of benzene rings is 4. The molecule has 6 heteroatoms. The van der Waals surface area contributed by atoms with Crippen LogP contribution in [0.3, 0.4) is 0 Å². The lowest BCUT2D eigenvalue weighted by atomic mass is 9.97. The van der Waals surface area contributed by atoms with E-state index in [2.05, 4.69) is 35.9 Å². The van der Waals surface area contributed by atoms with Crippen molar-refractivity contribution >= 4 is 10.8 Å². The van der Waals surface area contributed by atoms with Gasteiger partial charge in [0.2, 0.25) is 5.75 Å². The molecule has 0 aromatic heterocycles. The van der Waals surface area contributed by atoms with Gasteiger partial charge in [-0.3, -0.25) is 0 Å². The molecule has 4 aromatic carbocycles. The summed E-state index contributed by atoms with van der Waals surface area (Å²) in [4.78, 5) is 0.